The summed E-state index contributed by atoms with van der Waals surface area (Å²) in [6.45, 7) is 2.15. The third-order valence-corrected chi connectivity index (χ3v) is 1.58. The predicted octanol–water partition coefficient (Wildman–Crippen LogP) is 0.928. The van der Waals surface area contributed by atoms with Crippen LogP contribution in [0.25, 0.3) is 0 Å². The van der Waals surface area contributed by atoms with Crippen LogP contribution in [-0.4, -0.2) is 24.1 Å². The zero-order valence-electron chi connectivity index (χ0n) is 8.36. The molecule has 0 spiro atoms. The van der Waals surface area contributed by atoms with Gasteiger partial charge in [0, 0.05) is 0 Å². The van der Waals surface area contributed by atoms with Crippen LogP contribution in [0.2, 0.25) is 0 Å². The van der Waals surface area contributed by atoms with Crippen LogP contribution in [0.1, 0.15) is 12.6 Å². The summed E-state index contributed by atoms with van der Waals surface area (Å²) in [5, 5.41) is 11.4. The van der Waals surface area contributed by atoms with Gasteiger partial charge in [-0.25, -0.2) is 4.98 Å². The van der Waals surface area contributed by atoms with Crippen molar-refractivity contribution < 1.29 is 9.53 Å². The average molecular weight is 205 g/mol. The number of hydrogen-bond acceptors (Lipinski definition) is 5. The van der Waals surface area contributed by atoms with Gasteiger partial charge >= 0.3 is 5.97 Å². The van der Waals surface area contributed by atoms with Gasteiger partial charge in [0.05, 0.1) is 6.61 Å². The highest BCUT2D eigenvalue weighted by atomic mass is 16.5. The molecule has 0 fully saturated rings. The molecule has 0 unspecified atom stereocenters. The number of anilines is 1. The predicted molar refractivity (Wildman–Crippen MR) is 54.1 cm³/mol. The SMILES string of the molecule is CCOC(=O)CNc1cccc(C#N)n1. The molecule has 1 rings (SSSR count). The molecule has 1 N–H and O–H groups in total. The van der Waals surface area contributed by atoms with Crippen molar-refractivity contribution in [2.75, 3.05) is 18.5 Å². The van der Waals surface area contributed by atoms with Crippen molar-refractivity contribution >= 4 is 11.8 Å². The summed E-state index contributed by atoms with van der Waals surface area (Å²) < 4.78 is 4.73. The van der Waals surface area contributed by atoms with Gasteiger partial charge in [0.15, 0.2) is 0 Å². The lowest BCUT2D eigenvalue weighted by Crippen LogP contribution is -2.17. The van der Waals surface area contributed by atoms with Crippen LogP contribution >= 0.6 is 0 Å². The van der Waals surface area contributed by atoms with Crippen LogP contribution < -0.4 is 5.32 Å². The number of aromatic nitrogens is 1. The van der Waals surface area contributed by atoms with E-state index in [9.17, 15) is 4.79 Å². The molecular weight excluding hydrogens is 194 g/mol. The van der Waals surface area contributed by atoms with Crippen LogP contribution in [0.4, 0.5) is 5.82 Å². The van der Waals surface area contributed by atoms with E-state index in [0.29, 0.717) is 18.1 Å². The average Bonchev–Trinajstić information content (AvgIpc) is 2.27. The summed E-state index contributed by atoms with van der Waals surface area (Å²) in [6.07, 6.45) is 0. The Labute approximate surface area is 87.7 Å². The van der Waals surface area contributed by atoms with Crippen molar-refractivity contribution in [3.8, 4) is 6.07 Å². The van der Waals surface area contributed by atoms with Gasteiger partial charge in [-0.1, -0.05) is 6.07 Å². The molecule has 0 bridgehead atoms. The number of nitriles is 1. The molecular formula is C10H11N3O2. The van der Waals surface area contributed by atoms with Crippen LogP contribution in [0.15, 0.2) is 18.2 Å². The Balaban J connectivity index is 2.51. The third-order valence-electron chi connectivity index (χ3n) is 1.58. The van der Waals surface area contributed by atoms with Gasteiger partial charge in [0.2, 0.25) is 0 Å². The number of nitrogens with one attached hydrogen (secondary N) is 1. The minimum Gasteiger partial charge on any atom is -0.465 e. The zero-order chi connectivity index (χ0) is 11.1. The minimum absolute atomic E-state index is 0.0513. The standard InChI is InChI=1S/C10H11N3O2/c1-2-15-10(14)7-12-9-5-3-4-8(6-11)13-9/h3-5H,2,7H2,1H3,(H,12,13). The maximum Gasteiger partial charge on any atom is 0.325 e. The molecule has 0 radical (unpaired) electrons. The smallest absolute Gasteiger partial charge is 0.325 e. The Bertz CT molecular complexity index is 384. The maximum absolute atomic E-state index is 11.0. The van der Waals surface area contributed by atoms with Crippen LogP contribution in [0.3, 0.4) is 0 Å². The molecule has 5 nitrogen and oxygen atoms in total. The molecule has 1 aromatic rings. The van der Waals surface area contributed by atoms with Gasteiger partial charge in [0.1, 0.15) is 24.1 Å². The normalized spacial score (nSPS) is 9.07. The van der Waals surface area contributed by atoms with Crippen molar-refractivity contribution in [1.82, 2.24) is 4.98 Å². The lowest BCUT2D eigenvalue weighted by atomic mass is 10.3. The van der Waals surface area contributed by atoms with E-state index in [4.69, 9.17) is 10.00 Å². The van der Waals surface area contributed by atoms with Crippen LogP contribution in [0, 0.1) is 11.3 Å². The topological polar surface area (TPSA) is 75.0 Å². The van der Waals surface area contributed by atoms with Crippen molar-refractivity contribution in [1.29, 1.82) is 5.26 Å². The Morgan fingerprint density at radius 2 is 2.47 bits per heavy atom. The second kappa shape index (κ2) is 5.60. The van der Waals surface area contributed by atoms with E-state index >= 15 is 0 Å². The Kier molecular flexibility index (Phi) is 4.10. The Hall–Kier alpha value is -2.09. The zero-order valence-corrected chi connectivity index (χ0v) is 8.36. The highest BCUT2D eigenvalue weighted by Gasteiger charge is 2.01. The molecule has 78 valence electrons. The summed E-state index contributed by atoms with van der Waals surface area (Å²) in [7, 11) is 0. The molecule has 1 aromatic heterocycles. The number of carbonyl (C=O) groups is 1. The maximum atomic E-state index is 11.0. The van der Waals surface area contributed by atoms with Gasteiger partial charge in [0.25, 0.3) is 0 Å². The second-order valence-corrected chi connectivity index (χ2v) is 2.68. The minimum atomic E-state index is -0.346. The van der Waals surface area contributed by atoms with E-state index in [-0.39, 0.29) is 12.5 Å². The molecule has 0 saturated carbocycles. The lowest BCUT2D eigenvalue weighted by molar-refractivity contribution is -0.140. The molecule has 0 saturated heterocycles. The first-order valence-corrected chi connectivity index (χ1v) is 4.53. The van der Waals surface area contributed by atoms with Crippen molar-refractivity contribution in [3.63, 3.8) is 0 Å². The molecule has 15 heavy (non-hydrogen) atoms. The summed E-state index contributed by atoms with van der Waals surface area (Å²) in [5.41, 5.74) is 0.309. The fourth-order valence-corrected chi connectivity index (χ4v) is 0.970. The Morgan fingerprint density at radius 3 is 3.13 bits per heavy atom. The fraction of sp³-hybridized carbons (Fsp3) is 0.300. The number of pyridine rings is 1. The number of nitrogens with zero attached hydrogens (tertiary/aromatic N) is 2. The van der Waals surface area contributed by atoms with Gasteiger partial charge in [-0.3, -0.25) is 4.79 Å². The van der Waals surface area contributed by atoms with E-state index in [1.54, 1.807) is 25.1 Å². The molecule has 0 amide bonds. The number of ether oxygens (including phenoxy) is 1. The Morgan fingerprint density at radius 1 is 1.67 bits per heavy atom. The van der Waals surface area contributed by atoms with Gasteiger partial charge in [-0.05, 0) is 19.1 Å². The first-order valence-electron chi connectivity index (χ1n) is 4.53. The molecule has 0 aliphatic rings. The monoisotopic (exact) mass is 205 g/mol. The molecule has 5 heteroatoms. The van der Waals surface area contributed by atoms with Gasteiger partial charge < -0.3 is 10.1 Å². The molecule has 0 aliphatic heterocycles. The molecule has 0 aliphatic carbocycles. The van der Waals surface area contributed by atoms with E-state index < -0.39 is 0 Å². The first kappa shape index (κ1) is 11.0. The molecule has 0 atom stereocenters. The second-order valence-electron chi connectivity index (χ2n) is 2.68. The number of esters is 1. The van der Waals surface area contributed by atoms with E-state index in [0.717, 1.165) is 0 Å². The summed E-state index contributed by atoms with van der Waals surface area (Å²) in [4.78, 5) is 14.9. The number of hydrogen-bond donors (Lipinski definition) is 1. The summed E-state index contributed by atoms with van der Waals surface area (Å²) in [6, 6.07) is 6.88. The van der Waals surface area contributed by atoms with E-state index in [2.05, 4.69) is 10.3 Å². The quantitative estimate of drug-likeness (QED) is 0.740. The highest BCUT2D eigenvalue weighted by molar-refractivity contribution is 5.74. The highest BCUT2D eigenvalue weighted by Crippen LogP contribution is 2.03. The van der Waals surface area contributed by atoms with Crippen molar-refractivity contribution in [2.24, 2.45) is 0 Å². The van der Waals surface area contributed by atoms with Crippen molar-refractivity contribution in [3.05, 3.63) is 23.9 Å². The van der Waals surface area contributed by atoms with Crippen LogP contribution in [0.5, 0.6) is 0 Å². The summed E-state index contributed by atoms with van der Waals surface area (Å²) >= 11 is 0. The lowest BCUT2D eigenvalue weighted by Gasteiger charge is -2.04. The number of rotatable bonds is 4. The van der Waals surface area contributed by atoms with Crippen LogP contribution in [-0.2, 0) is 9.53 Å². The fourth-order valence-electron chi connectivity index (χ4n) is 0.970. The van der Waals surface area contributed by atoms with E-state index in [1.165, 1.54) is 0 Å². The third kappa shape index (κ3) is 3.65. The molecule has 0 aromatic carbocycles. The van der Waals surface area contributed by atoms with Crippen molar-refractivity contribution in [2.45, 2.75) is 6.92 Å². The van der Waals surface area contributed by atoms with Gasteiger partial charge in [-0.15, -0.1) is 0 Å². The largest absolute Gasteiger partial charge is 0.465 e. The first-order chi connectivity index (χ1) is 7.26. The van der Waals surface area contributed by atoms with E-state index in [1.807, 2.05) is 6.07 Å². The molecule has 1 heterocycles. The van der Waals surface area contributed by atoms with Gasteiger partial charge in [-0.2, -0.15) is 5.26 Å². The summed E-state index contributed by atoms with van der Waals surface area (Å²) in [5.74, 6) is 0.142. The number of carbonyl (C=O) groups excluding carboxylic acids is 1.